The van der Waals surface area contributed by atoms with E-state index in [1.807, 2.05) is 12.1 Å². The second kappa shape index (κ2) is 3.68. The Morgan fingerprint density at radius 3 is 2.40 bits per heavy atom. The van der Waals surface area contributed by atoms with E-state index in [2.05, 4.69) is 15.9 Å². The molecular weight excluding hydrogens is 260 g/mol. The zero-order valence-corrected chi connectivity index (χ0v) is 10.3. The number of hydrogen-bond acceptors (Lipinski definition) is 3. The first-order chi connectivity index (χ1) is 7.10. The monoisotopic (exact) mass is 272 g/mol. The number of benzene rings is 1. The molecule has 3 nitrogen and oxygen atoms in total. The standard InChI is InChI=1S/C11H13BrO3/c1-14-9-6-7(12)5-8(10(9)15-2)11(13)3-4-11/h5-6,13H,3-4H2,1-2H3. The van der Waals surface area contributed by atoms with E-state index in [1.165, 1.54) is 0 Å². The van der Waals surface area contributed by atoms with Gasteiger partial charge in [-0.05, 0) is 25.0 Å². The molecule has 0 radical (unpaired) electrons. The van der Waals surface area contributed by atoms with Crippen LogP contribution in [0.1, 0.15) is 18.4 Å². The fraction of sp³-hybridized carbons (Fsp3) is 0.455. The molecule has 1 saturated carbocycles. The van der Waals surface area contributed by atoms with E-state index >= 15 is 0 Å². The second-order valence-electron chi connectivity index (χ2n) is 3.72. The molecule has 0 aliphatic heterocycles. The maximum atomic E-state index is 10.1. The van der Waals surface area contributed by atoms with Crippen molar-refractivity contribution in [2.24, 2.45) is 0 Å². The van der Waals surface area contributed by atoms with Crippen LogP contribution in [-0.2, 0) is 5.60 Å². The Morgan fingerprint density at radius 2 is 1.93 bits per heavy atom. The lowest BCUT2D eigenvalue weighted by Gasteiger charge is -2.16. The van der Waals surface area contributed by atoms with E-state index in [-0.39, 0.29) is 0 Å². The van der Waals surface area contributed by atoms with Crippen molar-refractivity contribution in [2.45, 2.75) is 18.4 Å². The third-order valence-electron chi connectivity index (χ3n) is 2.67. The summed E-state index contributed by atoms with van der Waals surface area (Å²) in [7, 11) is 3.17. The molecule has 1 aromatic carbocycles. The normalized spacial score (nSPS) is 17.3. The Bertz CT molecular complexity index is 386. The summed E-state index contributed by atoms with van der Waals surface area (Å²) >= 11 is 3.39. The molecule has 1 aliphatic rings. The molecule has 2 rings (SSSR count). The van der Waals surface area contributed by atoms with E-state index in [0.29, 0.717) is 11.5 Å². The van der Waals surface area contributed by atoms with Crippen LogP contribution in [0.5, 0.6) is 11.5 Å². The summed E-state index contributed by atoms with van der Waals surface area (Å²) in [4.78, 5) is 0. The highest BCUT2D eigenvalue weighted by atomic mass is 79.9. The van der Waals surface area contributed by atoms with Crippen molar-refractivity contribution < 1.29 is 14.6 Å². The molecule has 0 heterocycles. The number of hydrogen-bond donors (Lipinski definition) is 1. The van der Waals surface area contributed by atoms with Crippen molar-refractivity contribution in [3.63, 3.8) is 0 Å². The summed E-state index contributed by atoms with van der Waals surface area (Å²) in [5.41, 5.74) is 0.0822. The number of aliphatic hydroxyl groups is 1. The predicted molar refractivity (Wildman–Crippen MR) is 60.4 cm³/mol. The van der Waals surface area contributed by atoms with Crippen molar-refractivity contribution in [1.82, 2.24) is 0 Å². The minimum atomic E-state index is -0.720. The molecule has 1 N–H and O–H groups in total. The molecule has 0 saturated heterocycles. The highest BCUT2D eigenvalue weighted by molar-refractivity contribution is 9.10. The van der Waals surface area contributed by atoms with Crippen LogP contribution >= 0.6 is 15.9 Å². The van der Waals surface area contributed by atoms with Gasteiger partial charge in [-0.25, -0.2) is 0 Å². The van der Waals surface area contributed by atoms with Crippen LogP contribution in [0.4, 0.5) is 0 Å². The molecule has 0 bridgehead atoms. The van der Waals surface area contributed by atoms with Gasteiger partial charge < -0.3 is 14.6 Å². The number of methoxy groups -OCH3 is 2. The SMILES string of the molecule is COc1cc(Br)cc(C2(O)CC2)c1OC. The van der Waals surface area contributed by atoms with Crippen LogP contribution in [0.25, 0.3) is 0 Å². The van der Waals surface area contributed by atoms with Gasteiger partial charge >= 0.3 is 0 Å². The van der Waals surface area contributed by atoms with Gasteiger partial charge in [-0.1, -0.05) is 15.9 Å². The fourth-order valence-corrected chi connectivity index (χ4v) is 2.10. The van der Waals surface area contributed by atoms with E-state index in [1.54, 1.807) is 14.2 Å². The minimum absolute atomic E-state index is 0.626. The zero-order valence-electron chi connectivity index (χ0n) is 8.71. The summed E-state index contributed by atoms with van der Waals surface area (Å²) in [6.45, 7) is 0. The maximum Gasteiger partial charge on any atom is 0.166 e. The van der Waals surface area contributed by atoms with Crippen molar-refractivity contribution >= 4 is 15.9 Å². The summed E-state index contributed by atoms with van der Waals surface area (Å²) in [5.74, 6) is 1.27. The average Bonchev–Trinajstić information content (AvgIpc) is 2.96. The van der Waals surface area contributed by atoms with Gasteiger partial charge in [0.15, 0.2) is 11.5 Å². The van der Waals surface area contributed by atoms with Crippen LogP contribution < -0.4 is 9.47 Å². The molecule has 82 valence electrons. The van der Waals surface area contributed by atoms with Crippen LogP contribution in [0.3, 0.4) is 0 Å². The lowest BCUT2D eigenvalue weighted by molar-refractivity contribution is 0.146. The highest BCUT2D eigenvalue weighted by Gasteiger charge is 2.45. The molecule has 0 spiro atoms. The Labute approximate surface area is 97.1 Å². The van der Waals surface area contributed by atoms with Crippen molar-refractivity contribution in [2.75, 3.05) is 14.2 Å². The van der Waals surface area contributed by atoms with Gasteiger partial charge in [0.2, 0.25) is 0 Å². The highest BCUT2D eigenvalue weighted by Crippen LogP contribution is 2.51. The first-order valence-electron chi connectivity index (χ1n) is 4.75. The zero-order chi connectivity index (χ0) is 11.1. The molecule has 0 atom stereocenters. The summed E-state index contributed by atoms with van der Waals surface area (Å²) in [6, 6.07) is 3.71. The lowest BCUT2D eigenvalue weighted by atomic mass is 10.1. The summed E-state index contributed by atoms with van der Waals surface area (Å²) in [5, 5.41) is 10.1. The maximum absolute atomic E-state index is 10.1. The van der Waals surface area contributed by atoms with Crippen LogP contribution in [0, 0.1) is 0 Å². The van der Waals surface area contributed by atoms with Crippen LogP contribution in [-0.4, -0.2) is 19.3 Å². The van der Waals surface area contributed by atoms with E-state index in [4.69, 9.17) is 9.47 Å². The third-order valence-corrected chi connectivity index (χ3v) is 3.13. The third kappa shape index (κ3) is 1.84. The van der Waals surface area contributed by atoms with Gasteiger partial charge in [-0.2, -0.15) is 0 Å². The fourth-order valence-electron chi connectivity index (χ4n) is 1.66. The lowest BCUT2D eigenvalue weighted by Crippen LogP contribution is -2.07. The minimum Gasteiger partial charge on any atom is -0.493 e. The first kappa shape index (κ1) is 10.8. The Morgan fingerprint density at radius 1 is 1.27 bits per heavy atom. The smallest absolute Gasteiger partial charge is 0.166 e. The van der Waals surface area contributed by atoms with E-state index in [0.717, 1.165) is 22.9 Å². The molecule has 15 heavy (non-hydrogen) atoms. The van der Waals surface area contributed by atoms with E-state index in [9.17, 15) is 5.11 Å². The largest absolute Gasteiger partial charge is 0.493 e. The molecule has 0 unspecified atom stereocenters. The van der Waals surface area contributed by atoms with Gasteiger partial charge in [0.25, 0.3) is 0 Å². The molecule has 1 aromatic rings. The van der Waals surface area contributed by atoms with Gasteiger partial charge in [0.1, 0.15) is 0 Å². The number of halogens is 1. The van der Waals surface area contributed by atoms with Crippen molar-refractivity contribution in [1.29, 1.82) is 0 Å². The number of rotatable bonds is 3. The molecule has 1 aliphatic carbocycles. The Balaban J connectivity index is 2.56. The average molecular weight is 273 g/mol. The van der Waals surface area contributed by atoms with Gasteiger partial charge in [0.05, 0.1) is 19.8 Å². The van der Waals surface area contributed by atoms with Gasteiger partial charge in [-0.3, -0.25) is 0 Å². The second-order valence-corrected chi connectivity index (χ2v) is 4.64. The van der Waals surface area contributed by atoms with Crippen LogP contribution in [0.15, 0.2) is 16.6 Å². The summed E-state index contributed by atoms with van der Waals surface area (Å²) in [6.07, 6.45) is 1.56. The molecule has 1 fully saturated rings. The first-order valence-corrected chi connectivity index (χ1v) is 5.54. The number of ether oxygens (including phenoxy) is 2. The Hall–Kier alpha value is -0.740. The molecule has 0 aromatic heterocycles. The molecular formula is C11H13BrO3. The van der Waals surface area contributed by atoms with Crippen molar-refractivity contribution in [3.8, 4) is 11.5 Å². The van der Waals surface area contributed by atoms with Crippen molar-refractivity contribution in [3.05, 3.63) is 22.2 Å². The topological polar surface area (TPSA) is 38.7 Å². The summed E-state index contributed by atoms with van der Waals surface area (Å²) < 4.78 is 11.4. The molecule has 0 amide bonds. The van der Waals surface area contributed by atoms with Gasteiger partial charge in [0, 0.05) is 10.0 Å². The Kier molecular flexibility index (Phi) is 2.64. The van der Waals surface area contributed by atoms with Crippen LogP contribution in [0.2, 0.25) is 0 Å². The quantitative estimate of drug-likeness (QED) is 0.919. The molecule has 4 heteroatoms. The van der Waals surface area contributed by atoms with Gasteiger partial charge in [-0.15, -0.1) is 0 Å². The predicted octanol–water partition coefficient (Wildman–Crippen LogP) is 2.45. The van der Waals surface area contributed by atoms with E-state index < -0.39 is 5.60 Å².